The molecule has 7 aromatic rings. The molecule has 0 saturated heterocycles. The largest absolute Gasteiger partial charge is 0.310 e. The summed E-state index contributed by atoms with van der Waals surface area (Å²) in [5.41, 5.74) is 20.8. The Labute approximate surface area is 312 Å². The highest BCUT2D eigenvalue weighted by atomic mass is 15.2. The van der Waals surface area contributed by atoms with E-state index in [0.29, 0.717) is 5.92 Å². The van der Waals surface area contributed by atoms with Crippen LogP contribution < -0.4 is 4.90 Å². The first-order valence-corrected chi connectivity index (χ1v) is 19.0. The van der Waals surface area contributed by atoms with Crippen molar-refractivity contribution in [1.29, 1.82) is 0 Å². The van der Waals surface area contributed by atoms with Crippen molar-refractivity contribution in [3.05, 3.63) is 227 Å². The van der Waals surface area contributed by atoms with Crippen LogP contribution in [0.4, 0.5) is 11.4 Å². The Bertz CT molecular complexity index is 2630. The SMILES string of the molecule is CC1(C)C2=CC(N(c3ccc4c(c3)C3(c5ccccc5-c5ccccc53)c3ccccc3-4)c3ccccc3-c3ccccc3)=CCC2c2ccccc21. The molecule has 0 radical (unpaired) electrons. The van der Waals surface area contributed by atoms with Gasteiger partial charge in [0.2, 0.25) is 0 Å². The van der Waals surface area contributed by atoms with Gasteiger partial charge in [-0.25, -0.2) is 0 Å². The number of fused-ring (bicyclic) bond motifs is 13. The Balaban J connectivity index is 1.17. The minimum atomic E-state index is -0.403. The molecular formula is C52H39N. The minimum Gasteiger partial charge on any atom is -0.310 e. The quantitative estimate of drug-likeness (QED) is 0.179. The Morgan fingerprint density at radius 1 is 0.491 bits per heavy atom. The number of para-hydroxylation sites is 1. The standard InChI is InChI=1S/C52H39N/c1-51(2)44-23-11-6-19-38(44)42-30-28-35(32-48(42)51)53(50-27-15-10-18-37(50)34-16-4-3-5-17-34)36-29-31-43-41-22-9-14-26-47(41)52(49(43)33-36)45-24-12-7-20-39(45)40-21-8-13-25-46(40)52/h3-29,31-33,42H,30H2,1-2H3. The molecule has 4 aliphatic carbocycles. The molecule has 7 aromatic carbocycles. The molecule has 0 saturated carbocycles. The van der Waals surface area contributed by atoms with Crippen LogP contribution in [-0.4, -0.2) is 0 Å². The van der Waals surface area contributed by atoms with Crippen LogP contribution in [0.5, 0.6) is 0 Å². The van der Waals surface area contributed by atoms with E-state index in [1.165, 1.54) is 89.4 Å². The second-order valence-electron chi connectivity index (χ2n) is 15.6. The van der Waals surface area contributed by atoms with Gasteiger partial charge in [-0.15, -0.1) is 0 Å². The number of hydrogen-bond donors (Lipinski definition) is 0. The second-order valence-corrected chi connectivity index (χ2v) is 15.6. The fourth-order valence-electron chi connectivity index (χ4n) is 10.5. The molecule has 0 N–H and O–H groups in total. The summed E-state index contributed by atoms with van der Waals surface area (Å²) in [4.78, 5) is 2.55. The van der Waals surface area contributed by atoms with Crippen molar-refractivity contribution in [2.75, 3.05) is 4.90 Å². The minimum absolute atomic E-state index is 0.0493. The van der Waals surface area contributed by atoms with Gasteiger partial charge in [-0.1, -0.05) is 177 Å². The van der Waals surface area contributed by atoms with Crippen LogP contribution in [0.1, 0.15) is 59.6 Å². The average molecular weight is 678 g/mol. The number of hydrogen-bond acceptors (Lipinski definition) is 1. The fourth-order valence-corrected chi connectivity index (χ4v) is 10.5. The molecule has 0 aliphatic heterocycles. The highest BCUT2D eigenvalue weighted by Crippen LogP contribution is 2.63. The Kier molecular flexibility index (Phi) is 6.41. The van der Waals surface area contributed by atoms with Crippen LogP contribution in [-0.2, 0) is 10.8 Å². The summed E-state index contributed by atoms with van der Waals surface area (Å²) in [5.74, 6) is 0.403. The zero-order valence-corrected chi connectivity index (χ0v) is 30.1. The molecule has 1 unspecified atom stereocenters. The fraction of sp³-hybridized carbons (Fsp3) is 0.115. The zero-order valence-electron chi connectivity index (χ0n) is 30.1. The molecule has 0 fully saturated rings. The molecule has 1 spiro atoms. The van der Waals surface area contributed by atoms with Gasteiger partial charge in [0.1, 0.15) is 0 Å². The van der Waals surface area contributed by atoms with Gasteiger partial charge in [0.15, 0.2) is 0 Å². The lowest BCUT2D eigenvalue weighted by Crippen LogP contribution is -2.27. The summed E-state index contributed by atoms with van der Waals surface area (Å²) >= 11 is 0. The third kappa shape index (κ3) is 4.08. The van der Waals surface area contributed by atoms with E-state index in [1.807, 2.05) is 0 Å². The van der Waals surface area contributed by atoms with Crippen molar-refractivity contribution in [3.8, 4) is 33.4 Å². The molecule has 0 heterocycles. The van der Waals surface area contributed by atoms with Crippen LogP contribution in [0.25, 0.3) is 33.4 Å². The Morgan fingerprint density at radius 2 is 1.02 bits per heavy atom. The summed E-state index contributed by atoms with van der Waals surface area (Å²) in [6.45, 7) is 4.82. The predicted molar refractivity (Wildman–Crippen MR) is 220 cm³/mol. The molecule has 1 heteroatoms. The van der Waals surface area contributed by atoms with Crippen LogP contribution in [0.15, 0.2) is 193 Å². The van der Waals surface area contributed by atoms with Gasteiger partial charge in [-0.2, -0.15) is 0 Å². The molecule has 1 nitrogen and oxygen atoms in total. The van der Waals surface area contributed by atoms with E-state index in [4.69, 9.17) is 0 Å². The van der Waals surface area contributed by atoms with Crippen LogP contribution in [0.2, 0.25) is 0 Å². The molecule has 11 rings (SSSR count). The van der Waals surface area contributed by atoms with Crippen LogP contribution >= 0.6 is 0 Å². The first-order chi connectivity index (χ1) is 26.1. The van der Waals surface area contributed by atoms with E-state index in [1.54, 1.807) is 0 Å². The molecule has 252 valence electrons. The van der Waals surface area contributed by atoms with Gasteiger partial charge in [-0.3, -0.25) is 0 Å². The monoisotopic (exact) mass is 677 g/mol. The van der Waals surface area contributed by atoms with E-state index in [2.05, 4.69) is 201 Å². The maximum Gasteiger partial charge on any atom is 0.0726 e. The lowest BCUT2D eigenvalue weighted by atomic mass is 9.70. The summed E-state index contributed by atoms with van der Waals surface area (Å²) in [6, 6.07) is 63.5. The number of rotatable bonds is 4. The second kappa shape index (κ2) is 11.2. The molecule has 53 heavy (non-hydrogen) atoms. The summed E-state index contributed by atoms with van der Waals surface area (Å²) in [5, 5.41) is 0. The summed E-state index contributed by atoms with van der Waals surface area (Å²) in [6.07, 6.45) is 5.99. The summed E-state index contributed by atoms with van der Waals surface area (Å²) in [7, 11) is 0. The maximum atomic E-state index is 2.55. The van der Waals surface area contributed by atoms with Crippen LogP contribution in [0.3, 0.4) is 0 Å². The lowest BCUT2D eigenvalue weighted by molar-refractivity contribution is 0.609. The first-order valence-electron chi connectivity index (χ1n) is 19.0. The number of benzene rings is 7. The highest BCUT2D eigenvalue weighted by Gasteiger charge is 2.52. The Morgan fingerprint density at radius 3 is 1.68 bits per heavy atom. The number of anilines is 2. The first kappa shape index (κ1) is 30.4. The van der Waals surface area contributed by atoms with Gasteiger partial charge in [0.25, 0.3) is 0 Å². The third-order valence-electron chi connectivity index (χ3n) is 12.7. The van der Waals surface area contributed by atoms with Gasteiger partial charge in [-0.05, 0) is 91.9 Å². The van der Waals surface area contributed by atoms with Crippen molar-refractivity contribution in [2.24, 2.45) is 0 Å². The summed E-state index contributed by atoms with van der Waals surface area (Å²) < 4.78 is 0. The van der Waals surface area contributed by atoms with Gasteiger partial charge in [0.05, 0.1) is 11.1 Å². The molecule has 0 aromatic heterocycles. The average Bonchev–Trinajstić information content (AvgIpc) is 3.77. The van der Waals surface area contributed by atoms with E-state index >= 15 is 0 Å². The highest BCUT2D eigenvalue weighted by molar-refractivity contribution is 5.96. The van der Waals surface area contributed by atoms with E-state index in [0.717, 1.165) is 6.42 Å². The van der Waals surface area contributed by atoms with Crippen molar-refractivity contribution in [1.82, 2.24) is 0 Å². The predicted octanol–water partition coefficient (Wildman–Crippen LogP) is 13.1. The normalized spacial score (nSPS) is 17.5. The topological polar surface area (TPSA) is 3.24 Å². The molecule has 0 amide bonds. The smallest absolute Gasteiger partial charge is 0.0726 e. The van der Waals surface area contributed by atoms with Crippen LogP contribution in [0, 0.1) is 0 Å². The number of allylic oxidation sites excluding steroid dienone is 3. The molecular weight excluding hydrogens is 639 g/mol. The van der Waals surface area contributed by atoms with E-state index < -0.39 is 5.41 Å². The van der Waals surface area contributed by atoms with E-state index in [9.17, 15) is 0 Å². The maximum absolute atomic E-state index is 2.55. The van der Waals surface area contributed by atoms with Gasteiger partial charge < -0.3 is 4.90 Å². The van der Waals surface area contributed by atoms with Crippen molar-refractivity contribution in [3.63, 3.8) is 0 Å². The van der Waals surface area contributed by atoms with Crippen molar-refractivity contribution in [2.45, 2.75) is 37.0 Å². The lowest BCUT2D eigenvalue weighted by Gasteiger charge is -2.35. The molecule has 1 atom stereocenters. The van der Waals surface area contributed by atoms with E-state index in [-0.39, 0.29) is 5.41 Å². The van der Waals surface area contributed by atoms with Crippen molar-refractivity contribution < 1.29 is 0 Å². The van der Waals surface area contributed by atoms with Gasteiger partial charge in [0, 0.05) is 28.3 Å². The molecule has 0 bridgehead atoms. The molecule has 4 aliphatic rings. The number of nitrogens with zero attached hydrogens (tertiary/aromatic N) is 1. The Hall–Kier alpha value is -6.18. The van der Waals surface area contributed by atoms with Gasteiger partial charge >= 0.3 is 0 Å². The zero-order chi connectivity index (χ0) is 35.3. The third-order valence-corrected chi connectivity index (χ3v) is 12.7. The van der Waals surface area contributed by atoms with Crippen molar-refractivity contribution >= 4 is 11.4 Å².